The molecule has 3 N–H and O–H groups in total. The molecular formula is C19H21N3O5. The molecule has 0 saturated carbocycles. The zero-order chi connectivity index (χ0) is 19.6. The summed E-state index contributed by atoms with van der Waals surface area (Å²) < 4.78 is 10.6. The Balaban J connectivity index is 1.83. The van der Waals surface area contributed by atoms with Crippen LogP contribution in [0.3, 0.4) is 0 Å². The Bertz CT molecular complexity index is 803. The number of hydrogen-bond donors (Lipinski definition) is 3. The number of carbonyl (C=O) groups excluding carboxylic acids is 2. The number of benzene rings is 2. The third kappa shape index (κ3) is 6.44. The van der Waals surface area contributed by atoms with E-state index in [1.54, 1.807) is 42.5 Å². The summed E-state index contributed by atoms with van der Waals surface area (Å²) in [5, 5.41) is 15.5. The Labute approximate surface area is 156 Å². The van der Waals surface area contributed by atoms with E-state index in [0.717, 1.165) is 0 Å². The molecule has 2 rings (SSSR count). The molecule has 2 aromatic carbocycles. The van der Waals surface area contributed by atoms with Crippen molar-refractivity contribution in [3.8, 4) is 11.5 Å². The zero-order valence-corrected chi connectivity index (χ0v) is 15.0. The summed E-state index contributed by atoms with van der Waals surface area (Å²) in [5.74, 6) is 0.172. The van der Waals surface area contributed by atoms with Gasteiger partial charge in [0.2, 0.25) is 0 Å². The van der Waals surface area contributed by atoms with Gasteiger partial charge in [0.1, 0.15) is 17.6 Å². The summed E-state index contributed by atoms with van der Waals surface area (Å²) in [7, 11) is 1.53. The molecule has 27 heavy (non-hydrogen) atoms. The third-order valence-corrected chi connectivity index (χ3v) is 3.40. The molecule has 0 heterocycles. The summed E-state index contributed by atoms with van der Waals surface area (Å²) >= 11 is 0. The summed E-state index contributed by atoms with van der Waals surface area (Å²) in [6, 6.07) is 13.9. The maximum atomic E-state index is 12.0. The van der Waals surface area contributed by atoms with Gasteiger partial charge in [0, 0.05) is 0 Å². The molecule has 2 aromatic rings. The Morgan fingerprint density at radius 2 is 1.89 bits per heavy atom. The molecule has 0 aliphatic carbocycles. The number of ether oxygens (including phenoxy) is 2. The first kappa shape index (κ1) is 19.9. The fraction of sp³-hybridized carbons (Fsp3) is 0.211. The van der Waals surface area contributed by atoms with Crippen molar-refractivity contribution in [1.29, 1.82) is 0 Å². The minimum Gasteiger partial charge on any atom is -0.495 e. The van der Waals surface area contributed by atoms with Crippen LogP contribution in [0.15, 0.2) is 53.6 Å². The van der Waals surface area contributed by atoms with Gasteiger partial charge < -0.3 is 19.9 Å². The van der Waals surface area contributed by atoms with E-state index in [1.165, 1.54) is 20.2 Å². The molecule has 0 aliphatic rings. The molecule has 8 heteroatoms. The number of aliphatic hydroxyl groups is 1. The molecular weight excluding hydrogens is 350 g/mol. The summed E-state index contributed by atoms with van der Waals surface area (Å²) in [5.41, 5.74) is 3.49. The van der Waals surface area contributed by atoms with Crippen molar-refractivity contribution in [1.82, 2.24) is 5.43 Å². The number of hydrazone groups is 1. The maximum Gasteiger partial charge on any atom is 0.268 e. The number of anilines is 1. The molecule has 0 aliphatic heterocycles. The molecule has 0 bridgehead atoms. The highest BCUT2D eigenvalue weighted by Gasteiger charge is 2.08. The third-order valence-electron chi connectivity index (χ3n) is 3.40. The second-order valence-electron chi connectivity index (χ2n) is 5.52. The molecule has 142 valence electrons. The van der Waals surface area contributed by atoms with Gasteiger partial charge in [0.25, 0.3) is 11.8 Å². The fourth-order valence-corrected chi connectivity index (χ4v) is 2.00. The minimum absolute atomic E-state index is 0.157. The van der Waals surface area contributed by atoms with Crippen molar-refractivity contribution >= 4 is 23.7 Å². The SMILES string of the molecule is COc1ccccc1NC(=O)COc1ccc(/C=N\NC(=O)[C@@H](C)O)cc1. The van der Waals surface area contributed by atoms with E-state index in [9.17, 15) is 9.59 Å². The lowest BCUT2D eigenvalue weighted by molar-refractivity contribution is -0.128. The van der Waals surface area contributed by atoms with Crippen LogP contribution in [0.5, 0.6) is 11.5 Å². The van der Waals surface area contributed by atoms with Crippen molar-refractivity contribution in [2.24, 2.45) is 5.10 Å². The van der Waals surface area contributed by atoms with Gasteiger partial charge in [-0.3, -0.25) is 9.59 Å². The average Bonchev–Trinajstić information content (AvgIpc) is 2.67. The molecule has 8 nitrogen and oxygen atoms in total. The van der Waals surface area contributed by atoms with Gasteiger partial charge in [0.05, 0.1) is 19.0 Å². The number of hydrogen-bond acceptors (Lipinski definition) is 6. The lowest BCUT2D eigenvalue weighted by Gasteiger charge is -2.10. The van der Waals surface area contributed by atoms with Crippen LogP contribution in [0.25, 0.3) is 0 Å². The number of aliphatic hydroxyl groups excluding tert-OH is 1. The number of nitrogens with one attached hydrogen (secondary N) is 2. The van der Waals surface area contributed by atoms with E-state index in [4.69, 9.17) is 14.6 Å². The van der Waals surface area contributed by atoms with E-state index in [1.807, 2.05) is 6.07 Å². The Morgan fingerprint density at radius 1 is 1.19 bits per heavy atom. The largest absolute Gasteiger partial charge is 0.495 e. The summed E-state index contributed by atoms with van der Waals surface area (Å²) in [6.07, 6.45) is 0.304. The molecule has 0 fully saturated rings. The highest BCUT2D eigenvalue weighted by molar-refractivity contribution is 5.93. The van der Waals surface area contributed by atoms with E-state index in [2.05, 4.69) is 15.8 Å². The lowest BCUT2D eigenvalue weighted by Crippen LogP contribution is -2.28. The van der Waals surface area contributed by atoms with Gasteiger partial charge in [-0.1, -0.05) is 12.1 Å². The van der Waals surface area contributed by atoms with E-state index in [-0.39, 0.29) is 12.5 Å². The Hall–Kier alpha value is -3.39. The van der Waals surface area contributed by atoms with Gasteiger partial charge in [-0.25, -0.2) is 5.43 Å². The van der Waals surface area contributed by atoms with Crippen LogP contribution in [0, 0.1) is 0 Å². The van der Waals surface area contributed by atoms with E-state index in [0.29, 0.717) is 22.7 Å². The first-order valence-electron chi connectivity index (χ1n) is 8.16. The van der Waals surface area contributed by atoms with E-state index < -0.39 is 12.0 Å². The molecule has 0 radical (unpaired) electrons. The van der Waals surface area contributed by atoms with Gasteiger partial charge in [-0.15, -0.1) is 0 Å². The molecule has 1 atom stereocenters. The van der Waals surface area contributed by atoms with Crippen molar-refractivity contribution in [3.63, 3.8) is 0 Å². The Morgan fingerprint density at radius 3 is 2.56 bits per heavy atom. The lowest BCUT2D eigenvalue weighted by atomic mass is 10.2. The quantitative estimate of drug-likeness (QED) is 0.482. The van der Waals surface area contributed by atoms with Crippen molar-refractivity contribution in [2.45, 2.75) is 13.0 Å². The van der Waals surface area contributed by atoms with Crippen LogP contribution in [0.1, 0.15) is 12.5 Å². The second kappa shape index (κ2) is 9.93. The van der Waals surface area contributed by atoms with Gasteiger partial charge in [0.15, 0.2) is 6.61 Å². The second-order valence-corrected chi connectivity index (χ2v) is 5.52. The van der Waals surface area contributed by atoms with Crippen LogP contribution in [0.2, 0.25) is 0 Å². The van der Waals surface area contributed by atoms with Crippen LogP contribution in [-0.2, 0) is 9.59 Å². The summed E-state index contributed by atoms with van der Waals surface area (Å²) in [6.45, 7) is 1.19. The smallest absolute Gasteiger partial charge is 0.268 e. The summed E-state index contributed by atoms with van der Waals surface area (Å²) in [4.78, 5) is 23.2. The first-order valence-corrected chi connectivity index (χ1v) is 8.16. The van der Waals surface area contributed by atoms with Gasteiger partial charge in [-0.05, 0) is 48.9 Å². The van der Waals surface area contributed by atoms with Crippen LogP contribution in [0.4, 0.5) is 5.69 Å². The predicted molar refractivity (Wildman–Crippen MR) is 101 cm³/mol. The number of methoxy groups -OCH3 is 1. The normalized spacial score (nSPS) is 11.7. The predicted octanol–water partition coefficient (Wildman–Crippen LogP) is 1.54. The van der Waals surface area contributed by atoms with Crippen molar-refractivity contribution in [2.75, 3.05) is 19.0 Å². The highest BCUT2D eigenvalue weighted by atomic mass is 16.5. The van der Waals surface area contributed by atoms with Crippen LogP contribution >= 0.6 is 0 Å². The number of carbonyl (C=O) groups is 2. The van der Waals surface area contributed by atoms with Crippen LogP contribution in [-0.4, -0.2) is 43.0 Å². The molecule has 0 spiro atoms. The number of nitrogens with zero attached hydrogens (tertiary/aromatic N) is 1. The first-order chi connectivity index (χ1) is 13.0. The van der Waals surface area contributed by atoms with Crippen LogP contribution < -0.4 is 20.2 Å². The average molecular weight is 371 g/mol. The topological polar surface area (TPSA) is 109 Å². The number of rotatable bonds is 8. The van der Waals surface area contributed by atoms with Gasteiger partial charge in [-0.2, -0.15) is 5.10 Å². The monoisotopic (exact) mass is 371 g/mol. The molecule has 0 saturated heterocycles. The van der Waals surface area contributed by atoms with E-state index >= 15 is 0 Å². The minimum atomic E-state index is -1.13. The Kier molecular flexibility index (Phi) is 7.33. The molecule has 2 amide bonds. The molecule has 0 aromatic heterocycles. The maximum absolute atomic E-state index is 12.0. The van der Waals surface area contributed by atoms with Crippen molar-refractivity contribution < 1.29 is 24.2 Å². The highest BCUT2D eigenvalue weighted by Crippen LogP contribution is 2.22. The standard InChI is InChI=1S/C19H21N3O5/c1-13(23)19(25)22-20-11-14-7-9-15(10-8-14)27-12-18(24)21-16-5-3-4-6-17(16)26-2/h3-11,13,23H,12H2,1-2H3,(H,21,24)(H,22,25)/b20-11-/t13-/m1/s1. The molecule has 0 unspecified atom stereocenters. The van der Waals surface area contributed by atoms with Crippen molar-refractivity contribution in [3.05, 3.63) is 54.1 Å². The zero-order valence-electron chi connectivity index (χ0n) is 15.0. The number of para-hydroxylation sites is 2. The van der Waals surface area contributed by atoms with Gasteiger partial charge >= 0.3 is 0 Å². The number of amides is 2. The fourth-order valence-electron chi connectivity index (χ4n) is 2.00.